The zero-order valence-corrected chi connectivity index (χ0v) is 10.5. The molecule has 0 unspecified atom stereocenters. The van der Waals surface area contributed by atoms with Crippen LogP contribution in [0.1, 0.15) is 25.0 Å². The quantitative estimate of drug-likeness (QED) is 0.517. The molecule has 1 aromatic carbocycles. The highest BCUT2D eigenvalue weighted by atomic mass is 14.7. The Balaban J connectivity index is 3.16. The summed E-state index contributed by atoms with van der Waals surface area (Å²) in [7, 11) is 0. The van der Waals surface area contributed by atoms with Crippen molar-refractivity contribution in [2.24, 2.45) is 4.99 Å². The third-order valence-corrected chi connectivity index (χ3v) is 2.60. The molecule has 0 spiro atoms. The first-order valence-corrected chi connectivity index (χ1v) is 5.50. The molecule has 0 heterocycles. The predicted octanol–water partition coefficient (Wildman–Crippen LogP) is 4.53. The van der Waals surface area contributed by atoms with E-state index in [1.807, 2.05) is 26.0 Å². The lowest BCUT2D eigenvalue weighted by atomic mass is 10.1. The van der Waals surface area contributed by atoms with Gasteiger partial charge in [0.15, 0.2) is 0 Å². The molecule has 0 N–H and O–H groups in total. The molecule has 1 rings (SSSR count). The molecule has 1 nitrogen and oxygen atoms in total. The van der Waals surface area contributed by atoms with Crippen LogP contribution in [0.5, 0.6) is 0 Å². The van der Waals surface area contributed by atoms with Gasteiger partial charge in [-0.1, -0.05) is 30.9 Å². The Bertz CT molecular complexity index is 451. The van der Waals surface area contributed by atoms with Gasteiger partial charge in [0.25, 0.3) is 0 Å². The highest BCUT2D eigenvalue weighted by Gasteiger charge is 1.99. The summed E-state index contributed by atoms with van der Waals surface area (Å²) in [5.41, 5.74) is 5.56. The molecule has 0 saturated carbocycles. The molecule has 0 fully saturated rings. The molecule has 16 heavy (non-hydrogen) atoms. The Hall–Kier alpha value is -1.63. The van der Waals surface area contributed by atoms with E-state index in [1.54, 1.807) is 0 Å². The van der Waals surface area contributed by atoms with Crippen LogP contribution in [0.4, 0.5) is 5.69 Å². The molecule has 0 aromatic heterocycles. The maximum atomic E-state index is 4.64. The lowest BCUT2D eigenvalue weighted by Crippen LogP contribution is -1.93. The average Bonchev–Trinajstić information content (AvgIpc) is 2.25. The van der Waals surface area contributed by atoms with Crippen LogP contribution in [0.3, 0.4) is 0 Å². The van der Waals surface area contributed by atoms with Gasteiger partial charge in [-0.25, -0.2) is 0 Å². The number of aliphatic imine (C=N–C) groups is 1. The number of rotatable bonds is 3. The Morgan fingerprint density at radius 3 is 2.56 bits per heavy atom. The normalized spacial score (nSPS) is 12.8. The topological polar surface area (TPSA) is 12.4 Å². The molecular formula is C15H19N. The SMILES string of the molecule is C=CC(=C\C)/C(C)=N/c1cc(C)ccc1C. The Labute approximate surface area is 98.2 Å². The van der Waals surface area contributed by atoms with Crippen molar-refractivity contribution >= 4 is 11.4 Å². The number of aryl methyl sites for hydroxylation is 2. The largest absolute Gasteiger partial charge is 0.253 e. The van der Waals surface area contributed by atoms with Crippen molar-refractivity contribution in [3.05, 3.63) is 53.6 Å². The second-order valence-electron chi connectivity index (χ2n) is 3.94. The van der Waals surface area contributed by atoms with Crippen LogP contribution < -0.4 is 0 Å². The molecule has 0 aliphatic carbocycles. The van der Waals surface area contributed by atoms with E-state index in [0.29, 0.717) is 0 Å². The molecule has 1 aromatic rings. The molecule has 0 bridgehead atoms. The molecule has 0 aliphatic heterocycles. The number of nitrogens with zero attached hydrogens (tertiary/aromatic N) is 1. The molecule has 1 heteroatoms. The molecule has 0 atom stereocenters. The van der Waals surface area contributed by atoms with Crippen LogP contribution in [0.15, 0.2) is 47.5 Å². The van der Waals surface area contributed by atoms with Crippen molar-refractivity contribution in [2.45, 2.75) is 27.7 Å². The van der Waals surface area contributed by atoms with Crippen molar-refractivity contribution in [3.63, 3.8) is 0 Å². The number of benzene rings is 1. The van der Waals surface area contributed by atoms with E-state index in [9.17, 15) is 0 Å². The zero-order valence-electron chi connectivity index (χ0n) is 10.5. The average molecular weight is 213 g/mol. The van der Waals surface area contributed by atoms with Gasteiger partial charge in [-0.05, 0) is 50.5 Å². The van der Waals surface area contributed by atoms with Gasteiger partial charge in [0.2, 0.25) is 0 Å². The summed E-state index contributed by atoms with van der Waals surface area (Å²) in [4.78, 5) is 4.64. The Morgan fingerprint density at radius 2 is 2.00 bits per heavy atom. The van der Waals surface area contributed by atoms with Gasteiger partial charge in [0.05, 0.1) is 5.69 Å². The molecule has 84 valence electrons. The first kappa shape index (κ1) is 12.4. The maximum Gasteiger partial charge on any atom is 0.0664 e. The predicted molar refractivity (Wildman–Crippen MR) is 72.6 cm³/mol. The van der Waals surface area contributed by atoms with Crippen molar-refractivity contribution in [3.8, 4) is 0 Å². The molecule has 0 aliphatic rings. The Morgan fingerprint density at radius 1 is 1.31 bits per heavy atom. The molecule has 0 amide bonds. The van der Waals surface area contributed by atoms with Gasteiger partial charge < -0.3 is 0 Å². The summed E-state index contributed by atoms with van der Waals surface area (Å²) in [6.45, 7) is 12.0. The van der Waals surface area contributed by atoms with Crippen molar-refractivity contribution in [2.75, 3.05) is 0 Å². The van der Waals surface area contributed by atoms with Crippen LogP contribution >= 0.6 is 0 Å². The van der Waals surface area contributed by atoms with Crippen molar-refractivity contribution < 1.29 is 0 Å². The monoisotopic (exact) mass is 213 g/mol. The summed E-state index contributed by atoms with van der Waals surface area (Å²) >= 11 is 0. The zero-order chi connectivity index (χ0) is 12.1. The molecule has 0 saturated heterocycles. The summed E-state index contributed by atoms with van der Waals surface area (Å²) in [6, 6.07) is 6.31. The minimum absolute atomic E-state index is 1.01. The van der Waals surface area contributed by atoms with E-state index in [2.05, 4.69) is 43.6 Å². The summed E-state index contributed by atoms with van der Waals surface area (Å²) in [5, 5.41) is 0. The van der Waals surface area contributed by atoms with E-state index in [4.69, 9.17) is 0 Å². The van der Waals surface area contributed by atoms with E-state index in [1.165, 1.54) is 11.1 Å². The molecule has 0 radical (unpaired) electrons. The fraction of sp³-hybridized carbons (Fsp3) is 0.267. The Kier molecular flexibility index (Phi) is 4.24. The first-order chi connectivity index (χ1) is 7.58. The fourth-order valence-corrected chi connectivity index (χ4v) is 1.56. The van der Waals surface area contributed by atoms with Crippen LogP contribution in [0.25, 0.3) is 0 Å². The van der Waals surface area contributed by atoms with Gasteiger partial charge in [-0.2, -0.15) is 0 Å². The van der Waals surface area contributed by atoms with Crippen LogP contribution in [0.2, 0.25) is 0 Å². The standard InChI is InChI=1S/C15H19N/c1-6-14(7-2)13(5)16-15-10-11(3)8-9-12(15)4/h6-10H,1H2,2-5H3/b14-7+,16-13+. The van der Waals surface area contributed by atoms with E-state index >= 15 is 0 Å². The number of allylic oxidation sites excluding steroid dienone is 3. The van der Waals surface area contributed by atoms with Crippen molar-refractivity contribution in [1.82, 2.24) is 0 Å². The third-order valence-electron chi connectivity index (χ3n) is 2.60. The highest BCUT2D eigenvalue weighted by Crippen LogP contribution is 2.21. The summed E-state index contributed by atoms with van der Waals surface area (Å²) in [6.07, 6.45) is 3.86. The van der Waals surface area contributed by atoms with Gasteiger partial charge >= 0.3 is 0 Å². The minimum atomic E-state index is 1.01. The smallest absolute Gasteiger partial charge is 0.0664 e. The third kappa shape index (κ3) is 2.93. The number of hydrogen-bond acceptors (Lipinski definition) is 1. The summed E-state index contributed by atoms with van der Waals surface area (Å²) < 4.78 is 0. The lowest BCUT2D eigenvalue weighted by molar-refractivity contribution is 1.34. The number of hydrogen-bond donors (Lipinski definition) is 0. The summed E-state index contributed by atoms with van der Waals surface area (Å²) in [5.74, 6) is 0. The van der Waals surface area contributed by atoms with Gasteiger partial charge in [-0.15, -0.1) is 0 Å². The van der Waals surface area contributed by atoms with Crippen LogP contribution in [-0.2, 0) is 0 Å². The first-order valence-electron chi connectivity index (χ1n) is 5.50. The van der Waals surface area contributed by atoms with Crippen LogP contribution in [0, 0.1) is 13.8 Å². The van der Waals surface area contributed by atoms with Crippen molar-refractivity contribution in [1.29, 1.82) is 0 Å². The maximum absolute atomic E-state index is 4.64. The van der Waals surface area contributed by atoms with Crippen LogP contribution in [-0.4, -0.2) is 5.71 Å². The van der Waals surface area contributed by atoms with E-state index in [0.717, 1.165) is 17.0 Å². The highest BCUT2D eigenvalue weighted by molar-refractivity contribution is 6.02. The second kappa shape index (κ2) is 5.45. The minimum Gasteiger partial charge on any atom is -0.253 e. The fourth-order valence-electron chi connectivity index (χ4n) is 1.56. The van der Waals surface area contributed by atoms with E-state index in [-0.39, 0.29) is 0 Å². The van der Waals surface area contributed by atoms with Gasteiger partial charge in [-0.3, -0.25) is 4.99 Å². The van der Waals surface area contributed by atoms with E-state index < -0.39 is 0 Å². The lowest BCUT2D eigenvalue weighted by Gasteiger charge is -2.05. The van der Waals surface area contributed by atoms with Gasteiger partial charge in [0, 0.05) is 5.71 Å². The second-order valence-corrected chi connectivity index (χ2v) is 3.94. The van der Waals surface area contributed by atoms with Gasteiger partial charge in [0.1, 0.15) is 0 Å². The molecular weight excluding hydrogens is 194 g/mol.